The summed E-state index contributed by atoms with van der Waals surface area (Å²) in [7, 11) is 0. The third kappa shape index (κ3) is 2.60. The van der Waals surface area contributed by atoms with E-state index in [4.69, 9.17) is 0 Å². The molecule has 1 aromatic rings. The Labute approximate surface area is 64.7 Å². The van der Waals surface area contributed by atoms with Crippen LogP contribution in [0.3, 0.4) is 0 Å². The van der Waals surface area contributed by atoms with Crippen LogP contribution in [0.15, 0.2) is 36.0 Å². The Kier molecular flexibility index (Phi) is 2.90. The molecule has 0 bridgehead atoms. The van der Waals surface area contributed by atoms with Crippen LogP contribution in [0.5, 0.6) is 0 Å². The summed E-state index contributed by atoms with van der Waals surface area (Å²) >= 11 is 1.63. The molecular weight excluding hydrogens is 142 g/mol. The van der Waals surface area contributed by atoms with Gasteiger partial charge in [0.2, 0.25) is 0 Å². The van der Waals surface area contributed by atoms with Crippen LogP contribution in [-0.2, 0) is 0 Å². The first kappa shape index (κ1) is 7.22. The predicted octanol–water partition coefficient (Wildman–Crippen LogP) is 2.58. The number of hydrogen-bond acceptors (Lipinski definition) is 2. The number of nitrogens with zero attached hydrogens (tertiary/aromatic N) is 1. The highest BCUT2D eigenvalue weighted by molar-refractivity contribution is 7.09. The standard InChI is InChI=1S/C8H9NS/c1-8-5-3-2-4-6-9-7-10-8/h2-7H,1H3. The minimum absolute atomic E-state index is 1.25. The third-order valence-electron chi connectivity index (χ3n) is 1.02. The molecule has 0 radical (unpaired) electrons. The maximum absolute atomic E-state index is 4.01. The smallest absolute Gasteiger partial charge is 0.0793 e. The molecule has 52 valence electrons. The fourth-order valence-electron chi connectivity index (χ4n) is 0.543. The Bertz CT molecular complexity index is 217. The van der Waals surface area contributed by atoms with Crippen LogP contribution in [-0.4, -0.2) is 4.98 Å². The highest BCUT2D eigenvalue weighted by Crippen LogP contribution is 1.97. The monoisotopic (exact) mass is 151 g/mol. The highest BCUT2D eigenvalue weighted by atomic mass is 32.1. The number of aryl methyl sites for hydroxylation is 1. The van der Waals surface area contributed by atoms with Crippen LogP contribution in [0.25, 0.3) is 0 Å². The van der Waals surface area contributed by atoms with Gasteiger partial charge in [0.1, 0.15) is 0 Å². The Morgan fingerprint density at radius 1 is 1.30 bits per heavy atom. The van der Waals surface area contributed by atoms with Crippen molar-refractivity contribution in [2.45, 2.75) is 6.92 Å². The Hall–Kier alpha value is -0.890. The third-order valence-corrected chi connectivity index (χ3v) is 1.76. The molecule has 0 N–H and O–H groups in total. The van der Waals surface area contributed by atoms with Crippen molar-refractivity contribution in [2.75, 3.05) is 0 Å². The van der Waals surface area contributed by atoms with Gasteiger partial charge in [-0.15, -0.1) is 11.3 Å². The zero-order valence-corrected chi connectivity index (χ0v) is 6.64. The van der Waals surface area contributed by atoms with E-state index < -0.39 is 0 Å². The van der Waals surface area contributed by atoms with Gasteiger partial charge in [-0.1, -0.05) is 12.1 Å². The summed E-state index contributed by atoms with van der Waals surface area (Å²) in [5, 5.41) is 0. The lowest BCUT2D eigenvalue weighted by atomic mass is 10.5. The molecule has 0 aliphatic carbocycles. The van der Waals surface area contributed by atoms with Gasteiger partial charge >= 0.3 is 0 Å². The van der Waals surface area contributed by atoms with E-state index in [2.05, 4.69) is 18.0 Å². The van der Waals surface area contributed by atoms with E-state index in [0.717, 1.165) is 0 Å². The van der Waals surface area contributed by atoms with Crippen molar-refractivity contribution >= 4 is 11.3 Å². The van der Waals surface area contributed by atoms with Gasteiger partial charge in [0.25, 0.3) is 0 Å². The molecule has 2 heteroatoms. The molecule has 1 aromatic heterocycles. The molecule has 0 atom stereocenters. The molecule has 1 rings (SSSR count). The summed E-state index contributed by atoms with van der Waals surface area (Å²) in [6, 6.07) is 7.94. The molecule has 10 heavy (non-hydrogen) atoms. The molecule has 0 amide bonds. The summed E-state index contributed by atoms with van der Waals surface area (Å²) in [5.41, 5.74) is 1.83. The molecule has 0 unspecified atom stereocenters. The van der Waals surface area contributed by atoms with Crippen molar-refractivity contribution in [3.63, 3.8) is 0 Å². The average molecular weight is 151 g/mol. The fraction of sp³-hybridized carbons (Fsp3) is 0.125. The molecule has 0 saturated heterocycles. The van der Waals surface area contributed by atoms with Crippen molar-refractivity contribution in [3.8, 4) is 0 Å². The quantitative estimate of drug-likeness (QED) is 0.555. The molecule has 0 aliphatic rings. The van der Waals surface area contributed by atoms with Crippen LogP contribution >= 0.6 is 11.3 Å². The number of hydrogen-bond donors (Lipinski definition) is 0. The second-order valence-electron chi connectivity index (χ2n) is 1.88. The van der Waals surface area contributed by atoms with E-state index in [1.54, 1.807) is 17.5 Å². The van der Waals surface area contributed by atoms with Crippen LogP contribution < -0.4 is 0 Å². The maximum atomic E-state index is 4.01. The predicted molar refractivity (Wildman–Crippen MR) is 44.5 cm³/mol. The SMILES string of the molecule is Cc1cccccncs1. The molecular formula is C8H9NS. The zero-order chi connectivity index (χ0) is 7.23. The van der Waals surface area contributed by atoms with E-state index in [-0.39, 0.29) is 0 Å². The van der Waals surface area contributed by atoms with Crippen LogP contribution in [0.4, 0.5) is 0 Å². The largest absolute Gasteiger partial charge is 0.254 e. The number of aromatic nitrogens is 1. The van der Waals surface area contributed by atoms with Crippen molar-refractivity contribution in [1.82, 2.24) is 4.98 Å². The van der Waals surface area contributed by atoms with Gasteiger partial charge < -0.3 is 0 Å². The average Bonchev–Trinajstić information content (AvgIpc) is 2.02. The van der Waals surface area contributed by atoms with Gasteiger partial charge in [-0.2, -0.15) is 0 Å². The van der Waals surface area contributed by atoms with E-state index >= 15 is 0 Å². The summed E-state index contributed by atoms with van der Waals surface area (Å²) in [4.78, 5) is 5.26. The molecule has 0 aromatic carbocycles. The molecule has 0 spiro atoms. The summed E-state index contributed by atoms with van der Waals surface area (Å²) in [6.45, 7) is 2.06. The van der Waals surface area contributed by atoms with Crippen molar-refractivity contribution < 1.29 is 0 Å². The van der Waals surface area contributed by atoms with E-state index in [1.807, 2.05) is 23.7 Å². The maximum Gasteiger partial charge on any atom is 0.0793 e. The minimum Gasteiger partial charge on any atom is -0.254 e. The van der Waals surface area contributed by atoms with Gasteiger partial charge in [-0.25, -0.2) is 0 Å². The normalized spacial score (nSPS) is 8.50. The van der Waals surface area contributed by atoms with Gasteiger partial charge in [-0.05, 0) is 19.1 Å². The van der Waals surface area contributed by atoms with E-state index in [9.17, 15) is 0 Å². The zero-order valence-electron chi connectivity index (χ0n) is 5.82. The summed E-state index contributed by atoms with van der Waals surface area (Å²) in [6.07, 6.45) is 1.77. The van der Waals surface area contributed by atoms with Crippen LogP contribution in [0, 0.1) is 6.92 Å². The highest BCUT2D eigenvalue weighted by Gasteiger charge is 1.71. The first-order valence-corrected chi connectivity index (χ1v) is 3.96. The van der Waals surface area contributed by atoms with Crippen molar-refractivity contribution in [2.24, 2.45) is 0 Å². The Morgan fingerprint density at radius 2 is 2.20 bits per heavy atom. The van der Waals surface area contributed by atoms with Gasteiger partial charge in [-0.3, -0.25) is 4.98 Å². The summed E-state index contributed by atoms with van der Waals surface area (Å²) in [5.74, 6) is 0. The van der Waals surface area contributed by atoms with Crippen molar-refractivity contribution in [1.29, 1.82) is 0 Å². The van der Waals surface area contributed by atoms with Gasteiger partial charge in [0.05, 0.1) is 5.51 Å². The molecule has 0 fully saturated rings. The first-order valence-electron chi connectivity index (χ1n) is 3.08. The van der Waals surface area contributed by atoms with Crippen molar-refractivity contribution in [3.05, 3.63) is 40.8 Å². The van der Waals surface area contributed by atoms with Crippen LogP contribution in [0.1, 0.15) is 4.88 Å². The van der Waals surface area contributed by atoms with Gasteiger partial charge in [0, 0.05) is 11.1 Å². The molecule has 0 aliphatic heterocycles. The Morgan fingerprint density at radius 3 is 3.10 bits per heavy atom. The number of rotatable bonds is 0. The molecule has 1 nitrogen and oxygen atoms in total. The minimum atomic E-state index is 1.25. The second-order valence-corrected chi connectivity index (χ2v) is 2.97. The van der Waals surface area contributed by atoms with Gasteiger partial charge in [0.15, 0.2) is 0 Å². The van der Waals surface area contributed by atoms with E-state index in [0.29, 0.717) is 0 Å². The van der Waals surface area contributed by atoms with Crippen LogP contribution in [0.2, 0.25) is 0 Å². The summed E-state index contributed by atoms with van der Waals surface area (Å²) < 4.78 is 0. The molecule has 1 heterocycles. The fourth-order valence-corrected chi connectivity index (χ4v) is 0.997. The first-order chi connectivity index (χ1) is 4.89. The van der Waals surface area contributed by atoms with E-state index in [1.165, 1.54) is 4.88 Å². The lowest BCUT2D eigenvalue weighted by Crippen LogP contribution is -1.53. The Balaban J connectivity index is 3.13. The lowest BCUT2D eigenvalue weighted by molar-refractivity contribution is 1.40. The second kappa shape index (κ2) is 4.01. The molecule has 0 saturated carbocycles. The lowest BCUT2D eigenvalue weighted by Gasteiger charge is -1.75. The topological polar surface area (TPSA) is 12.9 Å².